The molecule has 5 nitrogen and oxygen atoms in total. The Kier molecular flexibility index (Phi) is 4.87. The predicted molar refractivity (Wildman–Crippen MR) is 84.0 cm³/mol. The highest BCUT2D eigenvalue weighted by atomic mass is 16.1. The molecule has 1 heterocycles. The molecule has 21 heavy (non-hydrogen) atoms. The van der Waals surface area contributed by atoms with Crippen LogP contribution in [-0.4, -0.2) is 23.2 Å². The van der Waals surface area contributed by atoms with Crippen molar-refractivity contribution in [2.24, 2.45) is 5.92 Å². The highest BCUT2D eigenvalue weighted by molar-refractivity contribution is 5.91. The quantitative estimate of drug-likeness (QED) is 0.917. The van der Waals surface area contributed by atoms with Gasteiger partial charge in [0.2, 0.25) is 5.91 Å². The number of nitrogens with zero attached hydrogens (tertiary/aromatic N) is 3. The highest BCUT2D eigenvalue weighted by Crippen LogP contribution is 2.13. The van der Waals surface area contributed by atoms with Crippen molar-refractivity contribution in [1.82, 2.24) is 10.2 Å². The number of benzene rings is 1. The van der Waals surface area contributed by atoms with Crippen LogP contribution in [0.25, 0.3) is 0 Å². The van der Waals surface area contributed by atoms with Crippen LogP contribution in [0.15, 0.2) is 42.5 Å². The Morgan fingerprint density at radius 2 is 1.86 bits per heavy atom. The zero-order chi connectivity index (χ0) is 15.2. The van der Waals surface area contributed by atoms with Gasteiger partial charge in [0.05, 0.1) is 0 Å². The third-order valence-corrected chi connectivity index (χ3v) is 3.08. The maximum Gasteiger partial charge on any atom is 0.228 e. The lowest BCUT2D eigenvalue weighted by Crippen LogP contribution is -2.20. The molecule has 0 aliphatic carbocycles. The lowest BCUT2D eigenvalue weighted by molar-refractivity contribution is -0.118. The van der Waals surface area contributed by atoms with E-state index in [0.717, 1.165) is 12.4 Å². The molecule has 0 radical (unpaired) electrons. The highest BCUT2D eigenvalue weighted by Gasteiger charge is 2.09. The summed E-state index contributed by atoms with van der Waals surface area (Å²) >= 11 is 0. The van der Waals surface area contributed by atoms with Crippen molar-refractivity contribution >= 4 is 17.5 Å². The first-order valence-electron chi connectivity index (χ1n) is 6.96. The average molecular weight is 284 g/mol. The number of rotatable bonds is 5. The largest absolute Gasteiger partial charge is 0.354 e. The Bertz CT molecular complexity index is 581. The topological polar surface area (TPSA) is 58.1 Å². The molecule has 0 saturated carbocycles. The second-order valence-corrected chi connectivity index (χ2v) is 5.26. The number of carbonyl (C=O) groups excluding carboxylic acids is 1. The molecule has 2 aromatic rings. The number of aromatic nitrogens is 2. The normalized spacial score (nSPS) is 10.5. The summed E-state index contributed by atoms with van der Waals surface area (Å²) < 4.78 is 0. The van der Waals surface area contributed by atoms with Gasteiger partial charge < -0.3 is 10.2 Å². The monoisotopic (exact) mass is 284 g/mol. The van der Waals surface area contributed by atoms with Crippen LogP contribution in [0, 0.1) is 5.92 Å². The van der Waals surface area contributed by atoms with Gasteiger partial charge in [0.15, 0.2) is 11.6 Å². The summed E-state index contributed by atoms with van der Waals surface area (Å²) in [4.78, 5) is 13.6. The Morgan fingerprint density at radius 1 is 1.14 bits per heavy atom. The van der Waals surface area contributed by atoms with E-state index < -0.39 is 0 Å². The number of hydrogen-bond donors (Lipinski definition) is 1. The summed E-state index contributed by atoms with van der Waals surface area (Å²) in [5.74, 6) is 1.11. The molecule has 0 bridgehead atoms. The van der Waals surface area contributed by atoms with Crippen molar-refractivity contribution in [3.8, 4) is 0 Å². The summed E-state index contributed by atoms with van der Waals surface area (Å²) in [5, 5.41) is 10.9. The van der Waals surface area contributed by atoms with E-state index in [1.54, 1.807) is 6.07 Å². The number of hydrogen-bond acceptors (Lipinski definition) is 4. The Labute approximate surface area is 125 Å². The molecule has 0 saturated heterocycles. The van der Waals surface area contributed by atoms with Crippen LogP contribution >= 0.6 is 0 Å². The first-order valence-corrected chi connectivity index (χ1v) is 6.96. The van der Waals surface area contributed by atoms with Crippen LogP contribution in [0.5, 0.6) is 0 Å². The summed E-state index contributed by atoms with van der Waals surface area (Å²) in [5.41, 5.74) is 1.21. The lowest BCUT2D eigenvalue weighted by atomic mass is 10.2. The molecule has 110 valence electrons. The van der Waals surface area contributed by atoms with Crippen molar-refractivity contribution in [1.29, 1.82) is 0 Å². The molecule has 1 aromatic carbocycles. The van der Waals surface area contributed by atoms with Crippen molar-refractivity contribution in [2.75, 3.05) is 17.3 Å². The number of nitrogens with one attached hydrogen (secondary N) is 1. The van der Waals surface area contributed by atoms with Gasteiger partial charge in [-0.1, -0.05) is 44.2 Å². The third-order valence-electron chi connectivity index (χ3n) is 3.08. The Morgan fingerprint density at radius 3 is 2.43 bits per heavy atom. The van der Waals surface area contributed by atoms with Gasteiger partial charge in [0.1, 0.15) is 0 Å². The summed E-state index contributed by atoms with van der Waals surface area (Å²) in [7, 11) is 1.96. The molecule has 5 heteroatoms. The molecular formula is C16H20N4O. The fourth-order valence-corrected chi connectivity index (χ4v) is 1.80. The van der Waals surface area contributed by atoms with Crippen LogP contribution in [0.1, 0.15) is 19.4 Å². The van der Waals surface area contributed by atoms with E-state index >= 15 is 0 Å². The predicted octanol–water partition coefficient (Wildman–Crippen LogP) is 2.71. The molecule has 0 atom stereocenters. The Balaban J connectivity index is 2.00. The molecule has 0 unspecified atom stereocenters. The summed E-state index contributed by atoms with van der Waals surface area (Å²) in [6.07, 6.45) is 0. The molecule has 2 rings (SSSR count). The van der Waals surface area contributed by atoms with E-state index in [0.29, 0.717) is 5.82 Å². The van der Waals surface area contributed by atoms with Gasteiger partial charge in [-0.05, 0) is 17.7 Å². The molecule has 1 N–H and O–H groups in total. The molecule has 0 spiro atoms. The minimum atomic E-state index is -0.0766. The first kappa shape index (κ1) is 15.0. The smallest absolute Gasteiger partial charge is 0.228 e. The minimum Gasteiger partial charge on any atom is -0.354 e. The fraction of sp³-hybridized carbons (Fsp3) is 0.312. The third kappa shape index (κ3) is 4.27. The minimum absolute atomic E-state index is 0.0605. The van der Waals surface area contributed by atoms with Gasteiger partial charge in [0.25, 0.3) is 0 Å². The number of amides is 1. The van der Waals surface area contributed by atoms with Crippen molar-refractivity contribution in [3.05, 3.63) is 48.0 Å². The Hall–Kier alpha value is -2.43. The lowest BCUT2D eigenvalue weighted by Gasteiger charge is -2.17. The van der Waals surface area contributed by atoms with Crippen molar-refractivity contribution in [2.45, 2.75) is 20.4 Å². The van der Waals surface area contributed by atoms with Gasteiger partial charge >= 0.3 is 0 Å². The van der Waals surface area contributed by atoms with Crippen molar-refractivity contribution in [3.63, 3.8) is 0 Å². The zero-order valence-corrected chi connectivity index (χ0v) is 12.6. The maximum absolute atomic E-state index is 11.6. The first-order chi connectivity index (χ1) is 10.1. The number of anilines is 2. The van der Waals surface area contributed by atoms with E-state index in [1.807, 2.05) is 50.1 Å². The average Bonchev–Trinajstić information content (AvgIpc) is 2.48. The van der Waals surface area contributed by atoms with Crippen LogP contribution in [0.3, 0.4) is 0 Å². The second kappa shape index (κ2) is 6.83. The fourth-order valence-electron chi connectivity index (χ4n) is 1.80. The maximum atomic E-state index is 11.6. The molecule has 0 aliphatic heterocycles. The second-order valence-electron chi connectivity index (χ2n) is 5.26. The van der Waals surface area contributed by atoms with E-state index in [1.165, 1.54) is 5.56 Å². The summed E-state index contributed by atoms with van der Waals surface area (Å²) in [6.45, 7) is 4.43. The van der Waals surface area contributed by atoms with Gasteiger partial charge in [-0.3, -0.25) is 4.79 Å². The SMILES string of the molecule is CC(C)C(=O)Nc1ccc(N(C)Cc2ccccc2)nn1. The van der Waals surface area contributed by atoms with E-state index in [9.17, 15) is 4.79 Å². The zero-order valence-electron chi connectivity index (χ0n) is 12.6. The standard InChI is InChI=1S/C16H20N4O/c1-12(2)16(21)17-14-9-10-15(19-18-14)20(3)11-13-7-5-4-6-8-13/h4-10,12H,11H2,1-3H3,(H,17,18,21). The molecule has 0 aliphatic rings. The van der Waals surface area contributed by atoms with Crippen LogP contribution in [-0.2, 0) is 11.3 Å². The molecule has 1 amide bonds. The molecular weight excluding hydrogens is 264 g/mol. The van der Waals surface area contributed by atoms with Crippen molar-refractivity contribution < 1.29 is 4.79 Å². The van der Waals surface area contributed by atoms with Gasteiger partial charge in [-0.2, -0.15) is 0 Å². The van der Waals surface area contributed by atoms with E-state index in [2.05, 4.69) is 27.6 Å². The van der Waals surface area contributed by atoms with Gasteiger partial charge in [0, 0.05) is 19.5 Å². The van der Waals surface area contributed by atoms with Crippen LogP contribution < -0.4 is 10.2 Å². The van der Waals surface area contributed by atoms with Crippen LogP contribution in [0.4, 0.5) is 11.6 Å². The van der Waals surface area contributed by atoms with Gasteiger partial charge in [-0.15, -0.1) is 10.2 Å². The molecule has 0 fully saturated rings. The molecule has 1 aromatic heterocycles. The van der Waals surface area contributed by atoms with Crippen LogP contribution in [0.2, 0.25) is 0 Å². The van der Waals surface area contributed by atoms with E-state index in [-0.39, 0.29) is 11.8 Å². The van der Waals surface area contributed by atoms with E-state index in [4.69, 9.17) is 0 Å². The number of carbonyl (C=O) groups is 1. The van der Waals surface area contributed by atoms with Gasteiger partial charge in [-0.25, -0.2) is 0 Å². The summed E-state index contributed by atoms with van der Waals surface area (Å²) in [6, 6.07) is 13.8.